The first-order valence-electron chi connectivity index (χ1n) is 7.02. The van der Waals surface area contributed by atoms with Gasteiger partial charge >= 0.3 is 0 Å². The molecule has 1 aliphatic carbocycles. The minimum atomic E-state index is -0.199. The highest BCUT2D eigenvalue weighted by molar-refractivity contribution is 5.93. The van der Waals surface area contributed by atoms with Crippen molar-refractivity contribution in [2.75, 3.05) is 7.11 Å². The van der Waals surface area contributed by atoms with Crippen molar-refractivity contribution in [3.05, 3.63) is 17.8 Å². The molecule has 1 aromatic rings. The van der Waals surface area contributed by atoms with E-state index in [0.29, 0.717) is 11.5 Å². The van der Waals surface area contributed by atoms with Gasteiger partial charge in [-0.15, -0.1) is 0 Å². The smallest absolute Gasteiger partial charge is 0.273 e. The molecule has 0 radical (unpaired) electrons. The summed E-state index contributed by atoms with van der Waals surface area (Å²) in [5, 5.41) is 3.05. The van der Waals surface area contributed by atoms with Gasteiger partial charge in [-0.3, -0.25) is 4.79 Å². The molecular formula is C15H24N2O3. The van der Waals surface area contributed by atoms with Crippen molar-refractivity contribution in [2.24, 2.45) is 5.41 Å². The number of amides is 1. The average molecular weight is 280 g/mol. The summed E-state index contributed by atoms with van der Waals surface area (Å²) in [6.07, 6.45) is 2.13. The van der Waals surface area contributed by atoms with Crippen LogP contribution in [-0.4, -0.2) is 29.6 Å². The van der Waals surface area contributed by atoms with Gasteiger partial charge in [0.2, 0.25) is 0 Å². The molecule has 1 amide bonds. The first kappa shape index (κ1) is 15.0. The SMILES string of the molecule is CO[C@]1(C)C[C@@H](NC(=O)c2ncoc2C(C)C)C1(C)C. The van der Waals surface area contributed by atoms with Gasteiger partial charge in [-0.25, -0.2) is 4.98 Å². The van der Waals surface area contributed by atoms with E-state index >= 15 is 0 Å². The van der Waals surface area contributed by atoms with Gasteiger partial charge in [0.15, 0.2) is 12.1 Å². The van der Waals surface area contributed by atoms with E-state index in [1.165, 1.54) is 6.39 Å². The lowest BCUT2D eigenvalue weighted by Crippen LogP contribution is -2.68. The number of hydrogen-bond donors (Lipinski definition) is 1. The van der Waals surface area contributed by atoms with Crippen LogP contribution in [0.15, 0.2) is 10.8 Å². The summed E-state index contributed by atoms with van der Waals surface area (Å²) in [6.45, 7) is 10.2. The summed E-state index contributed by atoms with van der Waals surface area (Å²) in [5.41, 5.74) is 0.0798. The zero-order valence-corrected chi connectivity index (χ0v) is 13.1. The summed E-state index contributed by atoms with van der Waals surface area (Å²) >= 11 is 0. The molecule has 0 unspecified atom stereocenters. The molecule has 1 aromatic heterocycles. The van der Waals surface area contributed by atoms with Gasteiger partial charge in [0.05, 0.1) is 5.60 Å². The Hall–Kier alpha value is -1.36. The van der Waals surface area contributed by atoms with Crippen molar-refractivity contribution in [3.63, 3.8) is 0 Å². The van der Waals surface area contributed by atoms with Crippen LogP contribution in [0.25, 0.3) is 0 Å². The van der Waals surface area contributed by atoms with Crippen LogP contribution in [-0.2, 0) is 4.74 Å². The number of carbonyl (C=O) groups excluding carboxylic acids is 1. The third-order valence-electron chi connectivity index (χ3n) is 4.92. The van der Waals surface area contributed by atoms with Crippen LogP contribution in [0, 0.1) is 5.41 Å². The summed E-state index contributed by atoms with van der Waals surface area (Å²) in [6, 6.07) is 0.0802. The van der Waals surface area contributed by atoms with E-state index in [4.69, 9.17) is 9.15 Å². The number of ether oxygens (including phenoxy) is 1. The van der Waals surface area contributed by atoms with Crippen LogP contribution in [0.1, 0.15) is 63.2 Å². The predicted molar refractivity (Wildman–Crippen MR) is 75.7 cm³/mol. The zero-order chi connectivity index (χ0) is 15.1. The molecular weight excluding hydrogens is 256 g/mol. The van der Waals surface area contributed by atoms with Crippen LogP contribution in [0.4, 0.5) is 0 Å². The Kier molecular flexibility index (Phi) is 3.67. The Labute approximate surface area is 120 Å². The summed E-state index contributed by atoms with van der Waals surface area (Å²) in [5.74, 6) is 0.602. The molecule has 1 saturated carbocycles. The normalized spacial score (nSPS) is 28.2. The van der Waals surface area contributed by atoms with E-state index in [-0.39, 0.29) is 28.9 Å². The van der Waals surface area contributed by atoms with E-state index in [1.807, 2.05) is 13.8 Å². The number of nitrogens with one attached hydrogen (secondary N) is 1. The van der Waals surface area contributed by atoms with Crippen molar-refractivity contribution < 1.29 is 13.9 Å². The van der Waals surface area contributed by atoms with Gasteiger partial charge in [0.25, 0.3) is 5.91 Å². The molecule has 1 heterocycles. The van der Waals surface area contributed by atoms with Gasteiger partial charge in [-0.1, -0.05) is 27.7 Å². The van der Waals surface area contributed by atoms with E-state index in [2.05, 4.69) is 31.1 Å². The summed E-state index contributed by atoms with van der Waals surface area (Å²) in [4.78, 5) is 16.4. The van der Waals surface area contributed by atoms with Crippen molar-refractivity contribution in [3.8, 4) is 0 Å². The standard InChI is InChI=1S/C15H24N2O3/c1-9(2)12-11(16-8-20-12)13(18)17-10-7-15(5,19-6)14(10,3)4/h8-10H,7H2,1-6H3,(H,17,18)/t10-,15-/m1/s1. The topological polar surface area (TPSA) is 64.4 Å². The zero-order valence-electron chi connectivity index (χ0n) is 13.1. The minimum absolute atomic E-state index is 0.0802. The maximum atomic E-state index is 12.3. The molecule has 2 atom stereocenters. The van der Waals surface area contributed by atoms with Crippen molar-refractivity contribution in [2.45, 2.75) is 58.6 Å². The number of hydrogen-bond acceptors (Lipinski definition) is 4. The van der Waals surface area contributed by atoms with E-state index in [9.17, 15) is 4.79 Å². The minimum Gasteiger partial charge on any atom is -0.447 e. The Morgan fingerprint density at radius 1 is 1.50 bits per heavy atom. The molecule has 0 aliphatic heterocycles. The highest BCUT2D eigenvalue weighted by Crippen LogP contribution is 2.51. The monoisotopic (exact) mass is 280 g/mol. The Morgan fingerprint density at radius 3 is 2.65 bits per heavy atom. The largest absolute Gasteiger partial charge is 0.447 e. The number of rotatable bonds is 4. The van der Waals surface area contributed by atoms with Crippen LogP contribution in [0.2, 0.25) is 0 Å². The first-order chi connectivity index (χ1) is 9.23. The van der Waals surface area contributed by atoms with Crippen LogP contribution < -0.4 is 5.32 Å². The molecule has 5 nitrogen and oxygen atoms in total. The Morgan fingerprint density at radius 2 is 2.15 bits per heavy atom. The molecule has 5 heteroatoms. The molecule has 1 aliphatic rings. The molecule has 0 bridgehead atoms. The van der Waals surface area contributed by atoms with Crippen LogP contribution in [0.5, 0.6) is 0 Å². The van der Waals surface area contributed by atoms with Crippen molar-refractivity contribution >= 4 is 5.91 Å². The molecule has 112 valence electrons. The summed E-state index contributed by atoms with van der Waals surface area (Å²) in [7, 11) is 1.72. The van der Waals surface area contributed by atoms with Gasteiger partial charge in [-0.05, 0) is 13.3 Å². The van der Waals surface area contributed by atoms with Crippen molar-refractivity contribution in [1.29, 1.82) is 0 Å². The highest BCUT2D eigenvalue weighted by Gasteiger charge is 2.58. The molecule has 0 aromatic carbocycles. The first-order valence-corrected chi connectivity index (χ1v) is 7.02. The predicted octanol–water partition coefficient (Wildman–Crippen LogP) is 2.73. The number of methoxy groups -OCH3 is 1. The Balaban J connectivity index is 2.09. The lowest BCUT2D eigenvalue weighted by atomic mass is 9.56. The second kappa shape index (κ2) is 4.88. The maximum absolute atomic E-state index is 12.3. The molecule has 1 fully saturated rings. The second-order valence-corrected chi connectivity index (χ2v) is 6.61. The second-order valence-electron chi connectivity index (χ2n) is 6.61. The fraction of sp³-hybridized carbons (Fsp3) is 0.733. The molecule has 2 rings (SSSR count). The van der Waals surface area contributed by atoms with Gasteiger partial charge < -0.3 is 14.5 Å². The lowest BCUT2D eigenvalue weighted by molar-refractivity contribution is -0.177. The average Bonchev–Trinajstić information content (AvgIpc) is 2.87. The maximum Gasteiger partial charge on any atom is 0.273 e. The molecule has 1 N–H and O–H groups in total. The van der Waals surface area contributed by atoms with Gasteiger partial charge in [0.1, 0.15) is 5.76 Å². The third-order valence-corrected chi connectivity index (χ3v) is 4.92. The van der Waals surface area contributed by atoms with Gasteiger partial charge in [0, 0.05) is 24.5 Å². The van der Waals surface area contributed by atoms with E-state index in [0.717, 1.165) is 6.42 Å². The molecule has 0 spiro atoms. The summed E-state index contributed by atoms with van der Waals surface area (Å²) < 4.78 is 10.9. The third kappa shape index (κ3) is 2.14. The number of aromatic nitrogens is 1. The molecule has 20 heavy (non-hydrogen) atoms. The Bertz CT molecular complexity index is 507. The number of nitrogens with zero attached hydrogens (tertiary/aromatic N) is 1. The van der Waals surface area contributed by atoms with E-state index < -0.39 is 0 Å². The van der Waals surface area contributed by atoms with Crippen molar-refractivity contribution in [1.82, 2.24) is 10.3 Å². The van der Waals surface area contributed by atoms with Gasteiger partial charge in [-0.2, -0.15) is 0 Å². The molecule has 0 saturated heterocycles. The fourth-order valence-corrected chi connectivity index (χ4v) is 2.78. The number of carbonyl (C=O) groups is 1. The lowest BCUT2D eigenvalue weighted by Gasteiger charge is -2.59. The highest BCUT2D eigenvalue weighted by atomic mass is 16.5. The fourth-order valence-electron chi connectivity index (χ4n) is 2.78. The van der Waals surface area contributed by atoms with Crippen LogP contribution >= 0.6 is 0 Å². The quantitative estimate of drug-likeness (QED) is 0.921. The number of oxazole rings is 1. The van der Waals surface area contributed by atoms with Crippen LogP contribution in [0.3, 0.4) is 0 Å². The van der Waals surface area contributed by atoms with E-state index in [1.54, 1.807) is 7.11 Å².